The van der Waals surface area contributed by atoms with Gasteiger partial charge >= 0.3 is 0 Å². The molecule has 2 heterocycles. The van der Waals surface area contributed by atoms with Crippen LogP contribution in [0.25, 0.3) is 0 Å². The van der Waals surface area contributed by atoms with E-state index in [1.54, 1.807) is 18.3 Å². The lowest BCUT2D eigenvalue weighted by Gasteiger charge is -2.10. The molecular weight excluding hydrogens is 444 g/mol. The van der Waals surface area contributed by atoms with Gasteiger partial charge in [-0.05, 0) is 54.0 Å². The van der Waals surface area contributed by atoms with Crippen LogP contribution < -0.4 is 10.1 Å². The van der Waals surface area contributed by atoms with E-state index in [0.29, 0.717) is 11.1 Å². The van der Waals surface area contributed by atoms with Crippen LogP contribution in [0.1, 0.15) is 12.0 Å². The standard InChI is InChI=1S/C10H12BrClN2O.C7H8O3S/c11-9-3-8(5-14-10(9)12)15-6-7-1-2-13-4-7;1-6-2-4-7(5-3-6)11(8,9)10/h3,5,7,13H,1-2,4,6H2;2-5H,1H3,(H,8,9,10)/t7-;/m1./s1. The normalized spacial score (nSPS) is 16.7. The Morgan fingerprint density at radius 3 is 2.62 bits per heavy atom. The maximum Gasteiger partial charge on any atom is 0.294 e. The molecule has 0 bridgehead atoms. The number of hydrogen-bond donors (Lipinski definition) is 2. The molecule has 6 nitrogen and oxygen atoms in total. The topological polar surface area (TPSA) is 88.5 Å². The van der Waals surface area contributed by atoms with Gasteiger partial charge in [-0.1, -0.05) is 29.3 Å². The number of pyridine rings is 1. The van der Waals surface area contributed by atoms with Gasteiger partial charge in [-0.2, -0.15) is 8.42 Å². The molecule has 3 rings (SSSR count). The Morgan fingerprint density at radius 1 is 1.38 bits per heavy atom. The monoisotopic (exact) mass is 462 g/mol. The van der Waals surface area contributed by atoms with E-state index >= 15 is 0 Å². The number of hydrogen-bond acceptors (Lipinski definition) is 5. The Kier molecular flexibility index (Phi) is 7.85. The largest absolute Gasteiger partial charge is 0.492 e. The maximum absolute atomic E-state index is 10.5. The van der Waals surface area contributed by atoms with Crippen LogP contribution in [0.3, 0.4) is 0 Å². The van der Waals surface area contributed by atoms with Crippen molar-refractivity contribution in [1.82, 2.24) is 10.3 Å². The molecule has 1 atom stereocenters. The van der Waals surface area contributed by atoms with Crippen LogP contribution in [-0.4, -0.2) is 37.7 Å². The van der Waals surface area contributed by atoms with Gasteiger partial charge < -0.3 is 10.1 Å². The molecule has 1 fully saturated rings. The highest BCUT2D eigenvalue weighted by Gasteiger charge is 2.15. The fourth-order valence-corrected chi connectivity index (χ4v) is 3.17. The molecule has 0 amide bonds. The Hall–Kier alpha value is -1.19. The van der Waals surface area contributed by atoms with Gasteiger partial charge in [0.1, 0.15) is 10.9 Å². The summed E-state index contributed by atoms with van der Waals surface area (Å²) in [6.07, 6.45) is 2.83. The Labute approximate surface area is 166 Å². The van der Waals surface area contributed by atoms with Crippen molar-refractivity contribution in [2.24, 2.45) is 5.92 Å². The molecule has 1 aliphatic heterocycles. The molecule has 2 aromatic rings. The first kappa shape index (κ1) is 21.1. The van der Waals surface area contributed by atoms with E-state index in [-0.39, 0.29) is 4.90 Å². The van der Waals surface area contributed by atoms with Crippen molar-refractivity contribution in [2.45, 2.75) is 18.2 Å². The van der Waals surface area contributed by atoms with E-state index in [4.69, 9.17) is 20.9 Å². The van der Waals surface area contributed by atoms with Crippen molar-refractivity contribution in [3.05, 3.63) is 51.7 Å². The van der Waals surface area contributed by atoms with E-state index < -0.39 is 10.1 Å². The van der Waals surface area contributed by atoms with Crippen LogP contribution >= 0.6 is 27.5 Å². The molecular formula is C17H20BrClN2O4S. The first-order valence-electron chi connectivity index (χ1n) is 7.94. The van der Waals surface area contributed by atoms with Crippen LogP contribution in [0.4, 0.5) is 0 Å². The van der Waals surface area contributed by atoms with Crippen molar-refractivity contribution >= 4 is 37.6 Å². The number of nitrogens with zero attached hydrogens (tertiary/aromatic N) is 1. The van der Waals surface area contributed by atoms with E-state index in [0.717, 1.165) is 35.5 Å². The summed E-state index contributed by atoms with van der Waals surface area (Å²) in [5.74, 6) is 1.37. The van der Waals surface area contributed by atoms with Gasteiger partial charge in [-0.25, -0.2) is 4.98 Å². The van der Waals surface area contributed by atoms with E-state index in [2.05, 4.69) is 26.2 Å². The van der Waals surface area contributed by atoms with Crippen molar-refractivity contribution in [2.75, 3.05) is 19.7 Å². The average Bonchev–Trinajstić information content (AvgIpc) is 3.10. The third-order valence-corrected chi connectivity index (χ3v) is 5.74. The second-order valence-electron chi connectivity index (χ2n) is 5.90. The summed E-state index contributed by atoms with van der Waals surface area (Å²) in [6.45, 7) is 4.72. The molecule has 142 valence electrons. The number of nitrogens with one attached hydrogen (secondary N) is 1. The summed E-state index contributed by atoms with van der Waals surface area (Å²) in [7, 11) is -4.02. The van der Waals surface area contributed by atoms with Gasteiger partial charge in [-0.15, -0.1) is 0 Å². The maximum atomic E-state index is 10.5. The molecule has 0 radical (unpaired) electrons. The first-order chi connectivity index (χ1) is 12.3. The highest BCUT2D eigenvalue weighted by atomic mass is 79.9. The zero-order valence-electron chi connectivity index (χ0n) is 14.2. The van der Waals surface area contributed by atoms with Crippen LogP contribution in [0.2, 0.25) is 5.15 Å². The predicted molar refractivity (Wildman–Crippen MR) is 104 cm³/mol. The van der Waals surface area contributed by atoms with Gasteiger partial charge in [0.15, 0.2) is 0 Å². The fourth-order valence-electron chi connectivity index (χ4n) is 2.26. The molecule has 0 spiro atoms. The second-order valence-corrected chi connectivity index (χ2v) is 8.54. The van der Waals surface area contributed by atoms with Crippen molar-refractivity contribution in [3.8, 4) is 5.75 Å². The Morgan fingerprint density at radius 2 is 2.08 bits per heavy atom. The molecule has 1 aliphatic rings. The van der Waals surface area contributed by atoms with Gasteiger partial charge in [0, 0.05) is 12.5 Å². The molecule has 9 heteroatoms. The minimum absolute atomic E-state index is 0.0666. The van der Waals surface area contributed by atoms with E-state index in [1.165, 1.54) is 18.6 Å². The molecule has 0 aliphatic carbocycles. The van der Waals surface area contributed by atoms with Gasteiger partial charge in [0.05, 0.1) is 22.2 Å². The summed E-state index contributed by atoms with van der Waals surface area (Å²) < 4.78 is 36.0. The molecule has 26 heavy (non-hydrogen) atoms. The molecule has 2 N–H and O–H groups in total. The Balaban J connectivity index is 0.000000197. The number of benzene rings is 1. The quantitative estimate of drug-likeness (QED) is 0.530. The van der Waals surface area contributed by atoms with Crippen LogP contribution in [0, 0.1) is 12.8 Å². The lowest BCUT2D eigenvalue weighted by Crippen LogP contribution is -2.15. The van der Waals surface area contributed by atoms with Crippen molar-refractivity contribution in [1.29, 1.82) is 0 Å². The molecule has 1 saturated heterocycles. The molecule has 1 aromatic carbocycles. The van der Waals surface area contributed by atoms with Crippen molar-refractivity contribution in [3.63, 3.8) is 0 Å². The summed E-state index contributed by atoms with van der Waals surface area (Å²) in [4.78, 5) is 3.94. The second kappa shape index (κ2) is 9.66. The number of halogens is 2. The summed E-state index contributed by atoms with van der Waals surface area (Å²) in [5, 5.41) is 3.77. The third kappa shape index (κ3) is 6.85. The zero-order chi connectivity index (χ0) is 19.2. The highest BCUT2D eigenvalue weighted by Crippen LogP contribution is 2.24. The minimum Gasteiger partial charge on any atom is -0.492 e. The van der Waals surface area contributed by atoms with Crippen LogP contribution in [0.15, 0.2) is 45.9 Å². The molecule has 0 saturated carbocycles. The average molecular weight is 464 g/mol. The van der Waals surface area contributed by atoms with Gasteiger partial charge in [0.2, 0.25) is 0 Å². The molecule has 0 unspecified atom stereocenters. The first-order valence-corrected chi connectivity index (χ1v) is 10.6. The SMILES string of the molecule is Cc1ccc(S(=O)(=O)O)cc1.Clc1ncc(OC[C@@H]2CCNC2)cc1Br. The Bertz CT molecular complexity index is 825. The summed E-state index contributed by atoms with van der Waals surface area (Å²) in [6, 6.07) is 7.83. The minimum atomic E-state index is -4.02. The number of aromatic nitrogens is 1. The third-order valence-electron chi connectivity index (χ3n) is 3.74. The predicted octanol–water partition coefficient (Wildman–Crippen LogP) is 3.73. The number of rotatable bonds is 4. The molecule has 1 aromatic heterocycles. The van der Waals surface area contributed by atoms with Crippen molar-refractivity contribution < 1.29 is 17.7 Å². The lowest BCUT2D eigenvalue weighted by molar-refractivity contribution is 0.259. The fraction of sp³-hybridized carbons (Fsp3) is 0.353. The number of ether oxygens (including phenoxy) is 1. The lowest BCUT2D eigenvalue weighted by atomic mass is 10.1. The zero-order valence-corrected chi connectivity index (χ0v) is 17.3. The summed E-state index contributed by atoms with van der Waals surface area (Å²) in [5.41, 5.74) is 0.956. The summed E-state index contributed by atoms with van der Waals surface area (Å²) >= 11 is 9.10. The van der Waals surface area contributed by atoms with Crippen LogP contribution in [0.5, 0.6) is 5.75 Å². The number of aryl methyl sites for hydroxylation is 1. The van der Waals surface area contributed by atoms with E-state index in [9.17, 15) is 8.42 Å². The van der Waals surface area contributed by atoms with E-state index in [1.807, 2.05) is 13.0 Å². The van der Waals surface area contributed by atoms with Gasteiger partial charge in [0.25, 0.3) is 10.1 Å². The smallest absolute Gasteiger partial charge is 0.294 e. The van der Waals surface area contributed by atoms with Gasteiger partial charge in [-0.3, -0.25) is 4.55 Å². The highest BCUT2D eigenvalue weighted by molar-refractivity contribution is 9.10. The van der Waals surface area contributed by atoms with Crippen LogP contribution in [-0.2, 0) is 10.1 Å².